The quantitative estimate of drug-likeness (QED) is 0.765. The van der Waals surface area contributed by atoms with Crippen LogP contribution in [0.25, 0.3) is 0 Å². The van der Waals surface area contributed by atoms with Crippen molar-refractivity contribution in [1.29, 1.82) is 0 Å². The fourth-order valence-electron chi connectivity index (χ4n) is 3.06. The van der Waals surface area contributed by atoms with Gasteiger partial charge in [-0.3, -0.25) is 9.59 Å². The van der Waals surface area contributed by atoms with Crippen LogP contribution in [-0.2, 0) is 14.8 Å². The maximum Gasteiger partial charge on any atom is 0.254 e. The van der Waals surface area contributed by atoms with Gasteiger partial charge in [0.2, 0.25) is 15.9 Å². The topological polar surface area (TPSA) is 109 Å². The van der Waals surface area contributed by atoms with Crippen molar-refractivity contribution in [2.75, 3.05) is 25.0 Å². The van der Waals surface area contributed by atoms with Crippen molar-refractivity contribution in [3.63, 3.8) is 0 Å². The van der Waals surface area contributed by atoms with E-state index in [0.717, 1.165) is 19.3 Å². The minimum Gasteiger partial charge on any atom is -0.472 e. The normalized spacial score (nSPS) is 15.2. The van der Waals surface area contributed by atoms with Crippen LogP contribution >= 0.6 is 0 Å². The van der Waals surface area contributed by atoms with Crippen LogP contribution in [0.4, 0.5) is 5.69 Å². The molecule has 0 aliphatic carbocycles. The Morgan fingerprint density at radius 3 is 2.57 bits per heavy atom. The highest BCUT2D eigenvalue weighted by Gasteiger charge is 2.27. The standard InChI is InChI=1S/C19H23N3O5S/c1-14-5-6-16(11-17(14)28(25,26)22-8-3-2-4-9-22)21-18(23)12-20-19(24)15-7-10-27-13-15/h5-7,10-11,13H,2-4,8-9,12H2,1H3,(H,20,24)(H,21,23). The summed E-state index contributed by atoms with van der Waals surface area (Å²) in [5.41, 5.74) is 1.30. The van der Waals surface area contributed by atoms with E-state index in [1.165, 1.54) is 29.0 Å². The number of hydrogen-bond donors (Lipinski definition) is 2. The number of sulfonamides is 1. The molecule has 1 saturated heterocycles. The van der Waals surface area contributed by atoms with E-state index >= 15 is 0 Å². The third-order valence-electron chi connectivity index (χ3n) is 4.60. The van der Waals surface area contributed by atoms with Crippen molar-refractivity contribution >= 4 is 27.5 Å². The zero-order valence-electron chi connectivity index (χ0n) is 15.6. The summed E-state index contributed by atoms with van der Waals surface area (Å²) < 4.78 is 32.2. The van der Waals surface area contributed by atoms with Gasteiger partial charge >= 0.3 is 0 Å². The van der Waals surface area contributed by atoms with E-state index in [4.69, 9.17) is 4.42 Å². The maximum atomic E-state index is 12.9. The number of amides is 2. The van der Waals surface area contributed by atoms with Crippen LogP contribution in [-0.4, -0.2) is 44.2 Å². The second-order valence-corrected chi connectivity index (χ2v) is 8.59. The molecule has 8 nitrogen and oxygen atoms in total. The number of benzene rings is 1. The zero-order chi connectivity index (χ0) is 20.1. The van der Waals surface area contributed by atoms with E-state index in [9.17, 15) is 18.0 Å². The smallest absolute Gasteiger partial charge is 0.254 e. The first kappa shape index (κ1) is 20.1. The summed E-state index contributed by atoms with van der Waals surface area (Å²) in [7, 11) is -3.60. The molecule has 2 amide bonds. The van der Waals surface area contributed by atoms with Crippen LogP contribution in [0.2, 0.25) is 0 Å². The van der Waals surface area contributed by atoms with Gasteiger partial charge < -0.3 is 15.1 Å². The predicted octanol–water partition coefficient (Wildman–Crippen LogP) is 2.13. The fourth-order valence-corrected chi connectivity index (χ4v) is 4.83. The number of nitrogens with zero attached hydrogens (tertiary/aromatic N) is 1. The van der Waals surface area contributed by atoms with Crippen LogP contribution in [0.1, 0.15) is 35.2 Å². The number of piperidine rings is 1. The third kappa shape index (κ3) is 4.60. The van der Waals surface area contributed by atoms with Crippen molar-refractivity contribution in [1.82, 2.24) is 9.62 Å². The third-order valence-corrected chi connectivity index (χ3v) is 6.64. The van der Waals surface area contributed by atoms with Crippen LogP contribution in [0, 0.1) is 6.92 Å². The summed E-state index contributed by atoms with van der Waals surface area (Å²) in [4.78, 5) is 24.1. The molecule has 0 saturated carbocycles. The van der Waals surface area contributed by atoms with Crippen LogP contribution in [0.5, 0.6) is 0 Å². The lowest BCUT2D eigenvalue weighted by molar-refractivity contribution is -0.115. The van der Waals surface area contributed by atoms with E-state index in [2.05, 4.69) is 10.6 Å². The van der Waals surface area contributed by atoms with Crippen molar-refractivity contribution in [3.05, 3.63) is 47.9 Å². The molecule has 1 fully saturated rings. The Morgan fingerprint density at radius 2 is 1.89 bits per heavy atom. The van der Waals surface area contributed by atoms with E-state index in [1.807, 2.05) is 0 Å². The summed E-state index contributed by atoms with van der Waals surface area (Å²) in [6.45, 7) is 2.51. The molecule has 0 radical (unpaired) electrons. The van der Waals surface area contributed by atoms with E-state index in [-0.39, 0.29) is 11.4 Å². The molecule has 9 heteroatoms. The highest BCUT2D eigenvalue weighted by molar-refractivity contribution is 7.89. The summed E-state index contributed by atoms with van der Waals surface area (Å²) in [5.74, 6) is -0.886. The molecule has 0 bridgehead atoms. The monoisotopic (exact) mass is 405 g/mol. The Kier molecular flexibility index (Phi) is 6.15. The number of anilines is 1. The molecule has 2 aromatic rings. The average molecular weight is 405 g/mol. The Hall–Kier alpha value is -2.65. The predicted molar refractivity (Wildman–Crippen MR) is 103 cm³/mol. The largest absolute Gasteiger partial charge is 0.472 e. The molecule has 1 aliphatic heterocycles. The van der Waals surface area contributed by atoms with Gasteiger partial charge in [-0.25, -0.2) is 8.42 Å². The van der Waals surface area contributed by atoms with Crippen molar-refractivity contribution in [2.24, 2.45) is 0 Å². The van der Waals surface area contributed by atoms with Gasteiger partial charge in [-0.05, 0) is 43.5 Å². The molecule has 2 heterocycles. The molecular weight excluding hydrogens is 382 g/mol. The average Bonchev–Trinajstić information content (AvgIpc) is 3.23. The maximum absolute atomic E-state index is 12.9. The summed E-state index contributed by atoms with van der Waals surface area (Å²) in [6.07, 6.45) is 5.39. The molecule has 0 atom stereocenters. The van der Waals surface area contributed by atoms with Gasteiger partial charge in [0.15, 0.2) is 0 Å². The Labute approximate surface area is 164 Å². The van der Waals surface area contributed by atoms with Crippen molar-refractivity contribution < 1.29 is 22.4 Å². The van der Waals surface area contributed by atoms with Crippen LogP contribution in [0.3, 0.4) is 0 Å². The summed E-state index contributed by atoms with van der Waals surface area (Å²) in [5, 5.41) is 5.10. The molecular formula is C19H23N3O5S. The van der Waals surface area contributed by atoms with Crippen LogP contribution in [0.15, 0.2) is 46.1 Å². The highest BCUT2D eigenvalue weighted by atomic mass is 32.2. The minimum absolute atomic E-state index is 0.189. The van der Waals surface area contributed by atoms with E-state index < -0.39 is 21.8 Å². The number of carbonyl (C=O) groups excluding carboxylic acids is 2. The zero-order valence-corrected chi connectivity index (χ0v) is 16.4. The van der Waals surface area contributed by atoms with Crippen molar-refractivity contribution in [2.45, 2.75) is 31.1 Å². The summed E-state index contributed by atoms with van der Waals surface area (Å²) in [6, 6.07) is 6.26. The van der Waals surface area contributed by atoms with Gasteiger partial charge in [-0.2, -0.15) is 4.31 Å². The molecule has 28 heavy (non-hydrogen) atoms. The van der Waals surface area contributed by atoms with E-state index in [0.29, 0.717) is 29.9 Å². The number of rotatable bonds is 6. The summed E-state index contributed by atoms with van der Waals surface area (Å²) >= 11 is 0. The van der Waals surface area contributed by atoms with E-state index in [1.54, 1.807) is 19.1 Å². The molecule has 2 N–H and O–H groups in total. The number of carbonyl (C=O) groups is 2. The lowest BCUT2D eigenvalue weighted by atomic mass is 10.2. The number of furan rings is 1. The molecule has 0 unspecified atom stereocenters. The van der Waals surface area contributed by atoms with Gasteiger partial charge in [-0.15, -0.1) is 0 Å². The SMILES string of the molecule is Cc1ccc(NC(=O)CNC(=O)c2ccoc2)cc1S(=O)(=O)N1CCCCC1. The molecule has 1 aromatic heterocycles. The highest BCUT2D eigenvalue weighted by Crippen LogP contribution is 2.26. The Bertz CT molecular complexity index is 948. The molecule has 3 rings (SSSR count). The minimum atomic E-state index is -3.60. The van der Waals surface area contributed by atoms with Gasteiger partial charge in [0.05, 0.1) is 23.3 Å². The van der Waals surface area contributed by atoms with Gasteiger partial charge in [0.1, 0.15) is 6.26 Å². The molecule has 1 aromatic carbocycles. The molecule has 1 aliphatic rings. The fraction of sp³-hybridized carbons (Fsp3) is 0.368. The molecule has 0 spiro atoms. The number of nitrogens with one attached hydrogen (secondary N) is 2. The lowest BCUT2D eigenvalue weighted by Gasteiger charge is -2.26. The van der Waals surface area contributed by atoms with Gasteiger partial charge in [0.25, 0.3) is 5.91 Å². The number of aryl methyl sites for hydroxylation is 1. The van der Waals surface area contributed by atoms with Gasteiger partial charge in [0, 0.05) is 18.8 Å². The first-order valence-corrected chi connectivity index (χ1v) is 10.5. The first-order valence-electron chi connectivity index (χ1n) is 9.09. The Balaban J connectivity index is 1.67. The first-order chi connectivity index (χ1) is 13.4. The second kappa shape index (κ2) is 8.57. The number of hydrogen-bond acceptors (Lipinski definition) is 5. The van der Waals surface area contributed by atoms with Crippen molar-refractivity contribution in [3.8, 4) is 0 Å². The second-order valence-electron chi connectivity index (χ2n) is 6.69. The van der Waals surface area contributed by atoms with Gasteiger partial charge in [-0.1, -0.05) is 12.5 Å². The lowest BCUT2D eigenvalue weighted by Crippen LogP contribution is -2.36. The molecule has 150 valence electrons. The Morgan fingerprint density at radius 1 is 1.14 bits per heavy atom. The van der Waals surface area contributed by atoms with Crippen LogP contribution < -0.4 is 10.6 Å².